The lowest BCUT2D eigenvalue weighted by molar-refractivity contribution is -0.129. The molecule has 3 aromatic rings. The highest BCUT2D eigenvalue weighted by Crippen LogP contribution is 2.22. The van der Waals surface area contributed by atoms with Crippen LogP contribution in [0.1, 0.15) is 35.1 Å². The summed E-state index contributed by atoms with van der Waals surface area (Å²) in [5.74, 6) is -0.599. The van der Waals surface area contributed by atoms with E-state index in [9.17, 15) is 9.59 Å². The molecule has 1 fully saturated rings. The Bertz CT molecular complexity index is 1030. The van der Waals surface area contributed by atoms with Crippen LogP contribution in [0.25, 0.3) is 5.13 Å². The Balaban J connectivity index is 1.27. The van der Waals surface area contributed by atoms with Crippen molar-refractivity contribution in [1.82, 2.24) is 31.3 Å². The molecule has 8 nitrogen and oxygen atoms in total. The lowest BCUT2D eigenvalue weighted by Gasteiger charge is -2.11. The number of hydrazine groups is 2. The van der Waals surface area contributed by atoms with Crippen LogP contribution >= 0.6 is 11.3 Å². The third-order valence-corrected chi connectivity index (χ3v) is 5.97. The molecule has 2 aromatic heterocycles. The van der Waals surface area contributed by atoms with E-state index in [4.69, 9.17) is 0 Å². The topological polar surface area (TPSA) is 100 Å². The molecule has 1 aliphatic rings. The summed E-state index contributed by atoms with van der Waals surface area (Å²) in [6, 6.07) is 13.6. The molecule has 156 valence electrons. The maximum atomic E-state index is 12.4. The number of hydrogen-bond donors (Lipinski definition) is 4. The van der Waals surface area contributed by atoms with Gasteiger partial charge in [0.15, 0.2) is 5.13 Å². The Morgan fingerprint density at radius 2 is 1.83 bits per heavy atom. The van der Waals surface area contributed by atoms with Gasteiger partial charge in [-0.15, -0.1) is 11.3 Å². The van der Waals surface area contributed by atoms with Gasteiger partial charge >= 0.3 is 0 Å². The van der Waals surface area contributed by atoms with Gasteiger partial charge in [-0.3, -0.25) is 25.0 Å². The largest absolute Gasteiger partial charge is 0.295 e. The van der Waals surface area contributed by atoms with Crippen LogP contribution in [0.5, 0.6) is 0 Å². The van der Waals surface area contributed by atoms with Crippen molar-refractivity contribution in [1.29, 1.82) is 0 Å². The van der Waals surface area contributed by atoms with E-state index in [1.54, 1.807) is 0 Å². The normalized spacial score (nSPS) is 18.3. The van der Waals surface area contributed by atoms with Crippen molar-refractivity contribution in [2.45, 2.75) is 38.8 Å². The van der Waals surface area contributed by atoms with Gasteiger partial charge in [0.1, 0.15) is 6.04 Å². The number of carbonyl (C=O) groups is 2. The Morgan fingerprint density at radius 3 is 2.57 bits per heavy atom. The van der Waals surface area contributed by atoms with Gasteiger partial charge in [0.2, 0.25) is 5.91 Å². The van der Waals surface area contributed by atoms with E-state index in [0.717, 1.165) is 22.1 Å². The minimum absolute atomic E-state index is 0.0479. The van der Waals surface area contributed by atoms with Crippen molar-refractivity contribution in [2.24, 2.45) is 0 Å². The van der Waals surface area contributed by atoms with E-state index >= 15 is 0 Å². The number of benzene rings is 1. The summed E-state index contributed by atoms with van der Waals surface area (Å²) < 4.78 is 2.05. The van der Waals surface area contributed by atoms with Crippen molar-refractivity contribution in [3.63, 3.8) is 0 Å². The molecule has 30 heavy (non-hydrogen) atoms. The average molecular weight is 425 g/mol. The van der Waals surface area contributed by atoms with Crippen LogP contribution in [-0.4, -0.2) is 27.4 Å². The lowest BCUT2D eigenvalue weighted by atomic mass is 10.0. The molecule has 4 N–H and O–H groups in total. The lowest BCUT2D eigenvalue weighted by Crippen LogP contribution is -2.50. The second kappa shape index (κ2) is 8.78. The van der Waals surface area contributed by atoms with Crippen LogP contribution in [-0.2, 0) is 16.0 Å². The number of aryl methyl sites for hydroxylation is 2. The highest BCUT2D eigenvalue weighted by atomic mass is 32.1. The third kappa shape index (κ3) is 4.43. The second-order valence-corrected chi connectivity index (χ2v) is 8.16. The summed E-state index contributed by atoms with van der Waals surface area (Å²) in [5.41, 5.74) is 15.0. The molecular weight excluding hydrogens is 400 g/mol. The first kappa shape index (κ1) is 20.3. The number of nitrogens with one attached hydrogen (secondary N) is 4. The number of amides is 2. The van der Waals surface area contributed by atoms with E-state index in [-0.39, 0.29) is 24.3 Å². The summed E-state index contributed by atoms with van der Waals surface area (Å²) in [6.07, 6.45) is 0.690. The second-order valence-electron chi connectivity index (χ2n) is 7.33. The van der Waals surface area contributed by atoms with Crippen LogP contribution in [0, 0.1) is 13.8 Å². The van der Waals surface area contributed by atoms with Gasteiger partial charge in [-0.05, 0) is 38.0 Å². The number of nitrogens with zero attached hydrogens (tertiary/aromatic N) is 2. The smallest absolute Gasteiger partial charge is 0.256 e. The molecule has 0 spiro atoms. The van der Waals surface area contributed by atoms with Crippen molar-refractivity contribution in [2.75, 3.05) is 0 Å². The zero-order valence-electron chi connectivity index (χ0n) is 16.8. The monoisotopic (exact) mass is 424 g/mol. The first-order valence-electron chi connectivity index (χ1n) is 9.75. The van der Waals surface area contributed by atoms with Crippen molar-refractivity contribution in [3.8, 4) is 5.13 Å². The summed E-state index contributed by atoms with van der Waals surface area (Å²) in [4.78, 5) is 29.2. The summed E-state index contributed by atoms with van der Waals surface area (Å²) in [6.45, 7) is 4.04. The van der Waals surface area contributed by atoms with Gasteiger partial charge in [-0.2, -0.15) is 0 Å². The fourth-order valence-corrected chi connectivity index (χ4v) is 4.45. The standard InChI is InChI=1S/C21H24N6O2S/c1-13-8-9-14(2)27(13)21-22-16(12-30-21)10-19(28)25-26-20(29)18-11-17(23-24-18)15-6-4-3-5-7-15/h3-9,12,17-18,23-24H,10-11H2,1-2H3,(H,25,28)(H,26,29). The summed E-state index contributed by atoms with van der Waals surface area (Å²) in [7, 11) is 0. The molecule has 2 atom stereocenters. The number of rotatable bonds is 5. The molecular formula is C21H24N6O2S. The number of hydrogen-bond acceptors (Lipinski definition) is 6. The highest BCUT2D eigenvalue weighted by Gasteiger charge is 2.30. The van der Waals surface area contributed by atoms with Crippen molar-refractivity contribution >= 4 is 23.2 Å². The molecule has 1 aliphatic heterocycles. The fourth-order valence-electron chi connectivity index (χ4n) is 3.51. The molecule has 3 heterocycles. The number of aromatic nitrogens is 2. The quantitative estimate of drug-likeness (QED) is 0.469. The minimum atomic E-state index is -0.430. The van der Waals surface area contributed by atoms with Crippen molar-refractivity contribution < 1.29 is 9.59 Å². The Hall–Kier alpha value is -3.01. The van der Waals surface area contributed by atoms with E-state index in [1.165, 1.54) is 11.3 Å². The molecule has 4 rings (SSSR count). The van der Waals surface area contributed by atoms with Gasteiger partial charge in [-0.25, -0.2) is 15.8 Å². The third-order valence-electron chi connectivity index (χ3n) is 5.09. The number of carbonyl (C=O) groups excluding carboxylic acids is 2. The van der Waals surface area contributed by atoms with Crippen LogP contribution in [0.2, 0.25) is 0 Å². The molecule has 0 radical (unpaired) electrons. The zero-order chi connectivity index (χ0) is 21.1. The van der Waals surface area contributed by atoms with Gasteiger partial charge in [-0.1, -0.05) is 30.3 Å². The Kier molecular flexibility index (Phi) is 5.93. The van der Waals surface area contributed by atoms with Gasteiger partial charge in [0.05, 0.1) is 12.1 Å². The maximum absolute atomic E-state index is 12.4. The fraction of sp³-hybridized carbons (Fsp3) is 0.286. The molecule has 1 aromatic carbocycles. The van der Waals surface area contributed by atoms with E-state index in [2.05, 4.69) is 31.3 Å². The van der Waals surface area contributed by atoms with Gasteiger partial charge < -0.3 is 0 Å². The molecule has 0 aliphatic carbocycles. The average Bonchev–Trinajstić information content (AvgIpc) is 3.48. The van der Waals surface area contributed by atoms with Gasteiger partial charge in [0.25, 0.3) is 5.91 Å². The van der Waals surface area contributed by atoms with Gasteiger partial charge in [0, 0.05) is 22.8 Å². The molecule has 0 saturated carbocycles. The summed E-state index contributed by atoms with van der Waals surface area (Å²) in [5, 5.41) is 2.69. The molecule has 9 heteroatoms. The van der Waals surface area contributed by atoms with Crippen LogP contribution < -0.4 is 21.7 Å². The van der Waals surface area contributed by atoms with Crippen LogP contribution in [0.3, 0.4) is 0 Å². The van der Waals surface area contributed by atoms with E-state index in [0.29, 0.717) is 12.1 Å². The SMILES string of the molecule is Cc1ccc(C)n1-c1nc(CC(=O)NNC(=O)C2CC(c3ccccc3)NN2)cs1. The molecule has 0 bridgehead atoms. The predicted octanol–water partition coefficient (Wildman–Crippen LogP) is 1.85. The zero-order valence-corrected chi connectivity index (χ0v) is 17.6. The summed E-state index contributed by atoms with van der Waals surface area (Å²) >= 11 is 1.49. The number of thiazole rings is 1. The van der Waals surface area contributed by atoms with Crippen LogP contribution in [0.15, 0.2) is 47.8 Å². The van der Waals surface area contributed by atoms with E-state index < -0.39 is 6.04 Å². The maximum Gasteiger partial charge on any atom is 0.256 e. The molecule has 1 saturated heterocycles. The van der Waals surface area contributed by atoms with Crippen molar-refractivity contribution in [3.05, 3.63) is 70.5 Å². The Labute approximate surface area is 178 Å². The highest BCUT2D eigenvalue weighted by molar-refractivity contribution is 7.12. The minimum Gasteiger partial charge on any atom is -0.295 e. The first-order valence-corrected chi connectivity index (χ1v) is 10.6. The molecule has 2 unspecified atom stereocenters. The first-order chi connectivity index (χ1) is 14.5. The predicted molar refractivity (Wildman–Crippen MR) is 115 cm³/mol. The Morgan fingerprint density at radius 1 is 1.10 bits per heavy atom. The van der Waals surface area contributed by atoms with E-state index in [1.807, 2.05) is 61.7 Å². The molecule has 2 amide bonds. The van der Waals surface area contributed by atoms with Crippen LogP contribution in [0.4, 0.5) is 0 Å².